The first-order valence-corrected chi connectivity index (χ1v) is 6.17. The fourth-order valence-electron chi connectivity index (χ4n) is 1.09. The molecule has 0 spiro atoms. The Morgan fingerprint density at radius 1 is 1.38 bits per heavy atom. The molecule has 3 N–H and O–H groups in total. The van der Waals surface area contributed by atoms with Crippen molar-refractivity contribution in [2.75, 3.05) is 0 Å². The Balaban J connectivity index is 2.79. The van der Waals surface area contributed by atoms with Gasteiger partial charge in [-0.2, -0.15) is 0 Å². The average molecular weight is 241 g/mol. The van der Waals surface area contributed by atoms with Crippen LogP contribution in [0.2, 0.25) is 0 Å². The third kappa shape index (κ3) is 3.31. The van der Waals surface area contributed by atoms with Crippen molar-refractivity contribution in [2.24, 2.45) is 0 Å². The van der Waals surface area contributed by atoms with Crippen LogP contribution in [0, 0.1) is 0 Å². The summed E-state index contributed by atoms with van der Waals surface area (Å²) in [6.07, 6.45) is 1.02. The van der Waals surface area contributed by atoms with Crippen LogP contribution in [-0.2, 0) is 4.57 Å². The fraction of sp³-hybridized carbons (Fsp3) is 0.100. The molecule has 1 rings (SSSR count). The highest BCUT2D eigenvalue weighted by Crippen LogP contribution is 2.40. The molecule has 86 valence electrons. The van der Waals surface area contributed by atoms with Crippen molar-refractivity contribution in [2.45, 2.75) is 5.78 Å². The van der Waals surface area contributed by atoms with E-state index in [0.29, 0.717) is 5.56 Å². The van der Waals surface area contributed by atoms with Crippen LogP contribution in [0.4, 0.5) is 0 Å². The number of amides is 1. The zero-order valence-corrected chi connectivity index (χ0v) is 9.30. The van der Waals surface area contributed by atoms with Gasteiger partial charge in [0.05, 0.1) is 0 Å². The van der Waals surface area contributed by atoms with Gasteiger partial charge in [-0.25, -0.2) is 0 Å². The van der Waals surface area contributed by atoms with Gasteiger partial charge in [-0.05, 0) is 12.1 Å². The molecule has 1 aromatic rings. The number of carbonyl (C=O) groups excluding carboxylic acids is 1. The van der Waals surface area contributed by atoms with Crippen LogP contribution >= 0.6 is 7.60 Å². The Morgan fingerprint density at radius 2 is 1.94 bits per heavy atom. The second-order valence-electron chi connectivity index (χ2n) is 3.11. The molecule has 1 atom stereocenters. The standard InChI is InChI=1S/C10H12NO4P/c1-2-9(16(13,14)15)11-10(12)8-6-4-3-5-7-8/h2-7,9H,1H2,(H,11,12)(H2,13,14,15). The summed E-state index contributed by atoms with van der Waals surface area (Å²) in [4.78, 5) is 29.4. The molecule has 0 saturated carbocycles. The van der Waals surface area contributed by atoms with Crippen molar-refractivity contribution in [1.29, 1.82) is 0 Å². The number of benzene rings is 1. The Morgan fingerprint density at radius 3 is 2.38 bits per heavy atom. The van der Waals surface area contributed by atoms with Crippen LogP contribution in [0.3, 0.4) is 0 Å². The molecule has 5 nitrogen and oxygen atoms in total. The topological polar surface area (TPSA) is 86.6 Å². The molecule has 1 aromatic carbocycles. The summed E-state index contributed by atoms with van der Waals surface area (Å²) in [5.41, 5.74) is 0.336. The van der Waals surface area contributed by atoms with Crippen molar-refractivity contribution in [1.82, 2.24) is 5.32 Å². The van der Waals surface area contributed by atoms with Crippen LogP contribution in [0.1, 0.15) is 10.4 Å². The van der Waals surface area contributed by atoms with E-state index in [1.807, 2.05) is 0 Å². The second kappa shape index (κ2) is 5.07. The van der Waals surface area contributed by atoms with Gasteiger partial charge in [0.15, 0.2) is 0 Å². The number of hydrogen-bond acceptors (Lipinski definition) is 2. The zero-order valence-electron chi connectivity index (χ0n) is 8.41. The molecule has 0 aromatic heterocycles. The van der Waals surface area contributed by atoms with Gasteiger partial charge in [0.1, 0.15) is 5.78 Å². The minimum Gasteiger partial charge on any atom is -0.335 e. The number of rotatable bonds is 4. The second-order valence-corrected chi connectivity index (χ2v) is 4.84. The van der Waals surface area contributed by atoms with E-state index in [1.165, 1.54) is 0 Å². The third-order valence-corrected chi connectivity index (χ3v) is 2.97. The largest absolute Gasteiger partial charge is 0.351 e. The van der Waals surface area contributed by atoms with E-state index in [4.69, 9.17) is 9.79 Å². The molecule has 0 saturated heterocycles. The van der Waals surface area contributed by atoms with E-state index in [9.17, 15) is 9.36 Å². The van der Waals surface area contributed by atoms with Gasteiger partial charge < -0.3 is 15.1 Å². The monoisotopic (exact) mass is 241 g/mol. The lowest BCUT2D eigenvalue weighted by atomic mass is 10.2. The first-order valence-electron chi connectivity index (χ1n) is 4.49. The quantitative estimate of drug-likeness (QED) is 0.544. The fourth-order valence-corrected chi connectivity index (χ4v) is 1.65. The van der Waals surface area contributed by atoms with Crippen molar-refractivity contribution in [3.8, 4) is 0 Å². The lowest BCUT2D eigenvalue weighted by Gasteiger charge is -2.15. The summed E-state index contributed by atoms with van der Waals surface area (Å²) in [5, 5.41) is 2.20. The molecule has 1 amide bonds. The molecule has 0 heterocycles. The first-order chi connectivity index (χ1) is 7.45. The van der Waals surface area contributed by atoms with E-state index in [0.717, 1.165) is 6.08 Å². The molecule has 0 fully saturated rings. The predicted octanol–water partition coefficient (Wildman–Crippen LogP) is 1.11. The van der Waals surface area contributed by atoms with Crippen LogP contribution in [0.25, 0.3) is 0 Å². The van der Waals surface area contributed by atoms with E-state index in [2.05, 4.69) is 11.9 Å². The molecule has 0 aliphatic heterocycles. The van der Waals surface area contributed by atoms with E-state index in [-0.39, 0.29) is 0 Å². The number of hydrogen-bond donors (Lipinski definition) is 3. The van der Waals surface area contributed by atoms with Gasteiger partial charge in [0.25, 0.3) is 5.91 Å². The summed E-state index contributed by atoms with van der Waals surface area (Å²) in [6, 6.07) is 8.17. The molecule has 16 heavy (non-hydrogen) atoms. The Hall–Kier alpha value is -1.42. The summed E-state index contributed by atoms with van der Waals surface area (Å²) in [7, 11) is -4.40. The maximum Gasteiger partial charge on any atom is 0.351 e. The normalized spacial score (nSPS) is 12.9. The van der Waals surface area contributed by atoms with Crippen molar-refractivity contribution in [3.63, 3.8) is 0 Å². The average Bonchev–Trinajstić information content (AvgIpc) is 2.25. The minimum atomic E-state index is -4.40. The van der Waals surface area contributed by atoms with Crippen LogP contribution in [0.15, 0.2) is 43.0 Å². The summed E-state index contributed by atoms with van der Waals surface area (Å²) < 4.78 is 10.9. The van der Waals surface area contributed by atoms with E-state index < -0.39 is 19.3 Å². The molecular formula is C10H12NO4P. The van der Waals surface area contributed by atoms with Crippen molar-refractivity contribution < 1.29 is 19.1 Å². The highest BCUT2D eigenvalue weighted by atomic mass is 31.2. The Bertz CT molecular complexity index is 426. The van der Waals surface area contributed by atoms with E-state index in [1.54, 1.807) is 30.3 Å². The molecular weight excluding hydrogens is 229 g/mol. The van der Waals surface area contributed by atoms with Gasteiger partial charge in [-0.15, -0.1) is 6.58 Å². The summed E-state index contributed by atoms with van der Waals surface area (Å²) in [6.45, 7) is 3.27. The summed E-state index contributed by atoms with van der Waals surface area (Å²) in [5.74, 6) is -1.91. The molecule has 6 heteroatoms. The Labute approximate surface area is 93.0 Å². The van der Waals surface area contributed by atoms with E-state index >= 15 is 0 Å². The molecule has 1 unspecified atom stereocenters. The van der Waals surface area contributed by atoms with Crippen LogP contribution < -0.4 is 5.32 Å². The van der Waals surface area contributed by atoms with Gasteiger partial charge in [0, 0.05) is 5.56 Å². The SMILES string of the molecule is C=CC(NC(=O)c1ccccc1)P(=O)(O)O. The molecule has 0 bridgehead atoms. The van der Waals surface area contributed by atoms with Gasteiger partial charge in [-0.3, -0.25) is 9.36 Å². The first kappa shape index (κ1) is 12.6. The predicted molar refractivity (Wildman–Crippen MR) is 59.9 cm³/mol. The summed E-state index contributed by atoms with van der Waals surface area (Å²) >= 11 is 0. The van der Waals surface area contributed by atoms with Gasteiger partial charge in [0.2, 0.25) is 0 Å². The Kier molecular flexibility index (Phi) is 4.01. The maximum absolute atomic E-state index is 11.6. The smallest absolute Gasteiger partial charge is 0.335 e. The lowest BCUT2D eigenvalue weighted by molar-refractivity contribution is 0.0949. The zero-order chi connectivity index (χ0) is 12.2. The van der Waals surface area contributed by atoms with Crippen LogP contribution in [-0.4, -0.2) is 21.5 Å². The van der Waals surface area contributed by atoms with Gasteiger partial charge in [-0.1, -0.05) is 24.3 Å². The maximum atomic E-state index is 11.6. The van der Waals surface area contributed by atoms with Crippen molar-refractivity contribution >= 4 is 13.5 Å². The molecule has 0 aliphatic rings. The van der Waals surface area contributed by atoms with Crippen LogP contribution in [0.5, 0.6) is 0 Å². The minimum absolute atomic E-state index is 0.336. The van der Waals surface area contributed by atoms with Crippen molar-refractivity contribution in [3.05, 3.63) is 48.6 Å². The third-order valence-electron chi connectivity index (χ3n) is 1.90. The molecule has 0 aliphatic carbocycles. The number of carbonyl (C=O) groups is 1. The number of nitrogens with one attached hydrogen (secondary N) is 1. The highest BCUT2D eigenvalue weighted by molar-refractivity contribution is 7.52. The highest BCUT2D eigenvalue weighted by Gasteiger charge is 2.27. The van der Waals surface area contributed by atoms with Gasteiger partial charge >= 0.3 is 7.60 Å². The lowest BCUT2D eigenvalue weighted by Crippen LogP contribution is -2.33. The molecule has 0 radical (unpaired) electrons.